The first kappa shape index (κ1) is 15.0. The van der Waals surface area contributed by atoms with Crippen molar-refractivity contribution in [2.24, 2.45) is 5.73 Å². The summed E-state index contributed by atoms with van der Waals surface area (Å²) in [6, 6.07) is 9.25. The van der Waals surface area contributed by atoms with Crippen LogP contribution >= 0.6 is 0 Å². The monoisotopic (exact) mass is 266 g/mol. The van der Waals surface area contributed by atoms with E-state index in [-0.39, 0.29) is 19.6 Å². The molecule has 1 aromatic carbocycles. The molecule has 0 spiro atoms. The van der Waals surface area contributed by atoms with Crippen molar-refractivity contribution in [2.75, 3.05) is 6.61 Å². The molecule has 19 heavy (non-hydrogen) atoms. The molecule has 0 bridgehead atoms. The highest BCUT2D eigenvalue weighted by molar-refractivity contribution is 5.72. The van der Waals surface area contributed by atoms with E-state index >= 15 is 0 Å². The van der Waals surface area contributed by atoms with E-state index in [2.05, 4.69) is 5.32 Å². The van der Waals surface area contributed by atoms with Crippen molar-refractivity contribution in [3.63, 3.8) is 0 Å². The van der Waals surface area contributed by atoms with Gasteiger partial charge in [0.2, 0.25) is 0 Å². The Labute approximate surface area is 111 Å². The minimum atomic E-state index is -0.817. The van der Waals surface area contributed by atoms with Crippen LogP contribution in [0.1, 0.15) is 18.9 Å². The number of hydrogen-bond donors (Lipinski definition) is 2. The van der Waals surface area contributed by atoms with Gasteiger partial charge in [-0.3, -0.25) is 4.79 Å². The van der Waals surface area contributed by atoms with Crippen molar-refractivity contribution in [1.82, 2.24) is 5.32 Å². The van der Waals surface area contributed by atoms with Gasteiger partial charge >= 0.3 is 12.1 Å². The summed E-state index contributed by atoms with van der Waals surface area (Å²) in [7, 11) is 0. The third-order valence-electron chi connectivity index (χ3n) is 2.21. The molecule has 0 radical (unpaired) electrons. The number of nitrogens with one attached hydrogen (secondary N) is 1. The summed E-state index contributed by atoms with van der Waals surface area (Å²) in [5, 5.41) is 2.36. The Bertz CT molecular complexity index is 408. The lowest BCUT2D eigenvalue weighted by Gasteiger charge is -2.13. The summed E-state index contributed by atoms with van der Waals surface area (Å²) >= 11 is 0. The average Bonchev–Trinajstić information content (AvgIpc) is 2.37. The van der Waals surface area contributed by atoms with Crippen LogP contribution in [-0.4, -0.2) is 24.8 Å². The van der Waals surface area contributed by atoms with Gasteiger partial charge in [-0.2, -0.15) is 0 Å². The molecule has 104 valence electrons. The van der Waals surface area contributed by atoms with E-state index in [1.807, 2.05) is 30.3 Å². The Balaban J connectivity index is 2.25. The van der Waals surface area contributed by atoms with Crippen LogP contribution in [0.3, 0.4) is 0 Å². The molecule has 0 aliphatic rings. The third-order valence-corrected chi connectivity index (χ3v) is 2.21. The Kier molecular flexibility index (Phi) is 6.38. The molecule has 1 rings (SSSR count). The normalized spacial score (nSPS) is 11.5. The standard InChI is InChI=1S/C13H18N2O4/c1-2-18-12(16)8-11(14)15-13(17)19-9-10-6-4-3-5-7-10/h3-7,11H,2,8-9,14H2,1H3,(H,15,17)/t11-/m1/s1. The SMILES string of the molecule is CCOC(=O)C[C@H](N)NC(=O)OCc1ccccc1. The van der Waals surface area contributed by atoms with Crippen LogP contribution in [0, 0.1) is 0 Å². The van der Waals surface area contributed by atoms with E-state index in [0.717, 1.165) is 5.56 Å². The first-order valence-electron chi connectivity index (χ1n) is 6.00. The fourth-order valence-electron chi connectivity index (χ4n) is 1.37. The summed E-state index contributed by atoms with van der Waals surface area (Å²) in [6.07, 6.45) is -1.57. The molecule has 1 amide bonds. The fraction of sp³-hybridized carbons (Fsp3) is 0.385. The van der Waals surface area contributed by atoms with Gasteiger partial charge < -0.3 is 20.5 Å². The number of ether oxygens (including phenoxy) is 2. The van der Waals surface area contributed by atoms with Crippen LogP contribution in [0.4, 0.5) is 4.79 Å². The van der Waals surface area contributed by atoms with Crippen molar-refractivity contribution in [1.29, 1.82) is 0 Å². The molecule has 0 fully saturated rings. The van der Waals surface area contributed by atoms with Crippen LogP contribution in [0.5, 0.6) is 0 Å². The summed E-state index contributed by atoms with van der Waals surface area (Å²) < 4.78 is 9.67. The molecule has 0 aromatic heterocycles. The molecule has 0 aliphatic heterocycles. The van der Waals surface area contributed by atoms with Gasteiger partial charge in [-0.25, -0.2) is 4.79 Å². The highest BCUT2D eigenvalue weighted by Crippen LogP contribution is 2.00. The van der Waals surface area contributed by atoms with Gasteiger partial charge in [-0.1, -0.05) is 30.3 Å². The molecular weight excluding hydrogens is 248 g/mol. The van der Waals surface area contributed by atoms with Crippen molar-refractivity contribution in [3.05, 3.63) is 35.9 Å². The Morgan fingerprint density at radius 1 is 1.26 bits per heavy atom. The van der Waals surface area contributed by atoms with Crippen molar-refractivity contribution in [3.8, 4) is 0 Å². The second-order valence-corrected chi connectivity index (χ2v) is 3.82. The molecule has 0 heterocycles. The zero-order valence-corrected chi connectivity index (χ0v) is 10.8. The van der Waals surface area contributed by atoms with E-state index in [1.165, 1.54) is 0 Å². The Hall–Kier alpha value is -2.08. The molecule has 1 atom stereocenters. The van der Waals surface area contributed by atoms with Crippen LogP contribution in [0.25, 0.3) is 0 Å². The van der Waals surface area contributed by atoms with Gasteiger partial charge in [0.25, 0.3) is 0 Å². The Morgan fingerprint density at radius 3 is 2.58 bits per heavy atom. The second-order valence-electron chi connectivity index (χ2n) is 3.82. The van der Waals surface area contributed by atoms with E-state index in [9.17, 15) is 9.59 Å². The lowest BCUT2D eigenvalue weighted by atomic mass is 10.2. The zero-order chi connectivity index (χ0) is 14.1. The molecule has 6 nitrogen and oxygen atoms in total. The van der Waals surface area contributed by atoms with Crippen molar-refractivity contribution >= 4 is 12.1 Å². The second kappa shape index (κ2) is 8.10. The third kappa shape index (κ3) is 6.42. The van der Waals surface area contributed by atoms with Crippen LogP contribution in [0.2, 0.25) is 0 Å². The predicted octanol–water partition coefficient (Wildman–Crippen LogP) is 1.15. The molecule has 6 heteroatoms. The summed E-state index contributed by atoms with van der Waals surface area (Å²) in [5.41, 5.74) is 6.43. The molecule has 0 aliphatic carbocycles. The maximum atomic E-state index is 11.4. The van der Waals surface area contributed by atoms with Gasteiger partial charge in [0, 0.05) is 0 Å². The highest BCUT2D eigenvalue weighted by atomic mass is 16.5. The molecule has 0 unspecified atom stereocenters. The maximum absolute atomic E-state index is 11.4. The quantitative estimate of drug-likeness (QED) is 0.595. The van der Waals surface area contributed by atoms with Crippen molar-refractivity contribution < 1.29 is 19.1 Å². The van der Waals surface area contributed by atoms with Gasteiger partial charge in [0.15, 0.2) is 0 Å². The molecule has 0 saturated heterocycles. The van der Waals surface area contributed by atoms with Gasteiger partial charge in [-0.05, 0) is 12.5 Å². The first-order chi connectivity index (χ1) is 9.11. The van der Waals surface area contributed by atoms with E-state index in [4.69, 9.17) is 15.2 Å². The number of nitrogens with two attached hydrogens (primary N) is 1. The van der Waals surface area contributed by atoms with Crippen LogP contribution in [-0.2, 0) is 20.9 Å². The van der Waals surface area contributed by atoms with E-state index in [0.29, 0.717) is 0 Å². The molecule has 3 N–H and O–H groups in total. The number of rotatable bonds is 6. The summed E-state index contributed by atoms with van der Waals surface area (Å²) in [5.74, 6) is -0.460. The largest absolute Gasteiger partial charge is 0.466 e. The van der Waals surface area contributed by atoms with Gasteiger partial charge in [-0.15, -0.1) is 0 Å². The number of hydrogen-bond acceptors (Lipinski definition) is 5. The van der Waals surface area contributed by atoms with Crippen LogP contribution < -0.4 is 11.1 Å². The lowest BCUT2D eigenvalue weighted by Crippen LogP contribution is -2.43. The van der Waals surface area contributed by atoms with E-state index < -0.39 is 18.2 Å². The number of carbonyl (C=O) groups excluding carboxylic acids is 2. The van der Waals surface area contributed by atoms with Gasteiger partial charge in [0.05, 0.1) is 19.2 Å². The van der Waals surface area contributed by atoms with Gasteiger partial charge in [0.1, 0.15) is 6.61 Å². The topological polar surface area (TPSA) is 90.6 Å². The number of esters is 1. The summed E-state index contributed by atoms with van der Waals surface area (Å²) in [6.45, 7) is 2.13. The fourth-order valence-corrected chi connectivity index (χ4v) is 1.37. The summed E-state index contributed by atoms with van der Waals surface area (Å²) in [4.78, 5) is 22.5. The zero-order valence-electron chi connectivity index (χ0n) is 10.8. The molecule has 1 aromatic rings. The van der Waals surface area contributed by atoms with E-state index in [1.54, 1.807) is 6.92 Å². The minimum Gasteiger partial charge on any atom is -0.466 e. The molecular formula is C13H18N2O4. The average molecular weight is 266 g/mol. The van der Waals surface area contributed by atoms with Crippen molar-refractivity contribution in [2.45, 2.75) is 26.1 Å². The van der Waals surface area contributed by atoms with Crippen LogP contribution in [0.15, 0.2) is 30.3 Å². The minimum absolute atomic E-state index is 0.0890. The first-order valence-corrected chi connectivity index (χ1v) is 6.00. The smallest absolute Gasteiger partial charge is 0.408 e. The Morgan fingerprint density at radius 2 is 1.95 bits per heavy atom. The number of carbonyl (C=O) groups is 2. The number of amides is 1. The number of alkyl carbamates (subject to hydrolysis) is 1. The predicted molar refractivity (Wildman–Crippen MR) is 69.0 cm³/mol. The highest BCUT2D eigenvalue weighted by Gasteiger charge is 2.13. The number of benzene rings is 1. The molecule has 0 saturated carbocycles. The maximum Gasteiger partial charge on any atom is 0.408 e. The lowest BCUT2D eigenvalue weighted by molar-refractivity contribution is -0.143.